The van der Waals surface area contributed by atoms with Crippen LogP contribution >= 0.6 is 0 Å². The summed E-state index contributed by atoms with van der Waals surface area (Å²) in [6.45, 7) is 0. The summed E-state index contributed by atoms with van der Waals surface area (Å²) in [5, 5.41) is 8.32. The van der Waals surface area contributed by atoms with Crippen molar-refractivity contribution in [3.8, 4) is 0 Å². The van der Waals surface area contributed by atoms with Crippen LogP contribution < -0.4 is 0 Å². The minimum Gasteiger partial charge on any atom is -0.481 e. The Hall–Kier alpha value is -1.64. The second-order valence-electron chi connectivity index (χ2n) is 2.55. The average Bonchev–Trinajstić information content (AvgIpc) is 2.08. The number of carboxylic acids is 1. The van der Waals surface area contributed by atoms with Crippen LogP contribution in [0.15, 0.2) is 30.3 Å². The fourth-order valence-electron chi connectivity index (χ4n) is 0.870. The van der Waals surface area contributed by atoms with Gasteiger partial charge in [0.2, 0.25) is 0 Å². The number of hydrogen-bond acceptors (Lipinski definition) is 1. The lowest BCUT2D eigenvalue weighted by Crippen LogP contribution is -1.89. The van der Waals surface area contributed by atoms with Crippen molar-refractivity contribution < 1.29 is 14.3 Å². The highest BCUT2D eigenvalue weighted by molar-refractivity contribution is 5.70. The number of halogens is 1. The van der Waals surface area contributed by atoms with E-state index in [0.717, 1.165) is 5.56 Å². The van der Waals surface area contributed by atoms with Gasteiger partial charge in [-0.25, -0.2) is 4.39 Å². The Morgan fingerprint density at radius 1 is 1.38 bits per heavy atom. The molecule has 0 bridgehead atoms. The molecule has 68 valence electrons. The number of benzene rings is 1. The van der Waals surface area contributed by atoms with Crippen molar-refractivity contribution in [2.75, 3.05) is 0 Å². The van der Waals surface area contributed by atoms with E-state index >= 15 is 0 Å². The Labute approximate surface area is 75.3 Å². The smallest absolute Gasteiger partial charge is 0.307 e. The van der Waals surface area contributed by atoms with E-state index in [-0.39, 0.29) is 12.2 Å². The molecular weight excluding hydrogens is 171 g/mol. The number of hydrogen-bond donors (Lipinski definition) is 1. The Balaban J connectivity index is 2.59. The molecule has 0 unspecified atom stereocenters. The largest absolute Gasteiger partial charge is 0.481 e. The minimum atomic E-state index is -0.877. The first-order valence-electron chi connectivity index (χ1n) is 3.82. The van der Waals surface area contributed by atoms with Gasteiger partial charge in [-0.15, -0.1) is 0 Å². The van der Waals surface area contributed by atoms with E-state index in [4.69, 9.17) is 5.11 Å². The third-order valence-electron chi connectivity index (χ3n) is 1.47. The highest BCUT2D eigenvalue weighted by atomic mass is 19.1. The maximum Gasteiger partial charge on any atom is 0.307 e. The van der Waals surface area contributed by atoms with Crippen molar-refractivity contribution in [3.05, 3.63) is 41.7 Å². The lowest BCUT2D eigenvalue weighted by Gasteiger charge is -1.91. The van der Waals surface area contributed by atoms with Gasteiger partial charge in [0.05, 0.1) is 6.42 Å². The predicted octanol–water partition coefficient (Wildman–Crippen LogP) is 2.31. The Morgan fingerprint density at radius 2 is 2.00 bits per heavy atom. The summed E-state index contributed by atoms with van der Waals surface area (Å²) in [5.41, 5.74) is 0.794. The lowest BCUT2D eigenvalue weighted by molar-refractivity contribution is -0.135. The lowest BCUT2D eigenvalue weighted by atomic mass is 10.2. The van der Waals surface area contributed by atoms with Gasteiger partial charge in [0, 0.05) is 0 Å². The van der Waals surface area contributed by atoms with Gasteiger partial charge in [-0.1, -0.05) is 24.3 Å². The van der Waals surface area contributed by atoms with Gasteiger partial charge in [-0.3, -0.25) is 4.79 Å². The summed E-state index contributed by atoms with van der Waals surface area (Å²) >= 11 is 0. The second kappa shape index (κ2) is 4.40. The number of rotatable bonds is 3. The van der Waals surface area contributed by atoms with Crippen LogP contribution in [0.25, 0.3) is 6.08 Å². The first-order valence-corrected chi connectivity index (χ1v) is 3.82. The molecule has 1 aromatic rings. The van der Waals surface area contributed by atoms with Gasteiger partial charge >= 0.3 is 5.97 Å². The van der Waals surface area contributed by atoms with Gasteiger partial charge in [0.1, 0.15) is 5.82 Å². The van der Waals surface area contributed by atoms with Crippen LogP contribution in [-0.4, -0.2) is 11.1 Å². The van der Waals surface area contributed by atoms with E-state index in [0.29, 0.717) is 0 Å². The molecule has 1 N–H and O–H groups in total. The number of carbonyl (C=O) groups is 1. The summed E-state index contributed by atoms with van der Waals surface area (Å²) in [6, 6.07) is 5.85. The highest BCUT2D eigenvalue weighted by Crippen LogP contribution is 2.04. The molecule has 0 saturated heterocycles. The summed E-state index contributed by atoms with van der Waals surface area (Å²) in [4.78, 5) is 10.1. The van der Waals surface area contributed by atoms with Crippen molar-refractivity contribution in [2.24, 2.45) is 0 Å². The molecule has 0 atom stereocenters. The van der Waals surface area contributed by atoms with Gasteiger partial charge in [-0.05, 0) is 17.7 Å². The van der Waals surface area contributed by atoms with E-state index in [1.807, 2.05) is 0 Å². The molecule has 2 nitrogen and oxygen atoms in total. The Bertz CT molecular complexity index is 314. The molecule has 0 heterocycles. The highest BCUT2D eigenvalue weighted by Gasteiger charge is 1.91. The van der Waals surface area contributed by atoms with E-state index < -0.39 is 5.97 Å². The maximum atomic E-state index is 12.4. The normalized spacial score (nSPS) is 10.5. The third-order valence-corrected chi connectivity index (χ3v) is 1.47. The SMILES string of the molecule is O=C(O)C/C=C/c1ccc(F)cc1. The summed E-state index contributed by atoms with van der Waals surface area (Å²) in [7, 11) is 0. The van der Waals surface area contributed by atoms with E-state index in [1.54, 1.807) is 18.2 Å². The molecule has 0 aliphatic carbocycles. The molecule has 1 rings (SSSR count). The molecule has 3 heteroatoms. The van der Waals surface area contributed by atoms with E-state index in [2.05, 4.69) is 0 Å². The molecule has 0 spiro atoms. The molecule has 0 saturated carbocycles. The molecular formula is C10H9FO2. The van der Waals surface area contributed by atoms with Gasteiger partial charge in [0.15, 0.2) is 0 Å². The number of aliphatic carboxylic acids is 1. The second-order valence-corrected chi connectivity index (χ2v) is 2.55. The van der Waals surface area contributed by atoms with Crippen molar-refractivity contribution in [2.45, 2.75) is 6.42 Å². The van der Waals surface area contributed by atoms with Crippen LogP contribution in [-0.2, 0) is 4.79 Å². The van der Waals surface area contributed by atoms with Gasteiger partial charge < -0.3 is 5.11 Å². The predicted molar refractivity (Wildman–Crippen MR) is 47.7 cm³/mol. The standard InChI is InChI=1S/C10H9FO2/c11-9-6-4-8(5-7-9)2-1-3-10(12)13/h1-2,4-7H,3H2,(H,12,13)/b2-1+. The molecule has 1 aromatic carbocycles. The first-order chi connectivity index (χ1) is 6.18. The molecule has 13 heavy (non-hydrogen) atoms. The van der Waals surface area contributed by atoms with Crippen LogP contribution in [0.5, 0.6) is 0 Å². The zero-order valence-electron chi connectivity index (χ0n) is 6.90. The summed E-state index contributed by atoms with van der Waals surface area (Å²) in [6.07, 6.45) is 3.15. The molecule has 0 aliphatic rings. The van der Waals surface area contributed by atoms with Crippen molar-refractivity contribution in [3.63, 3.8) is 0 Å². The topological polar surface area (TPSA) is 37.3 Å². The monoisotopic (exact) mass is 180 g/mol. The van der Waals surface area contributed by atoms with Crippen molar-refractivity contribution in [1.29, 1.82) is 0 Å². The number of carboxylic acid groups (broad SMARTS) is 1. The molecule has 0 aromatic heterocycles. The van der Waals surface area contributed by atoms with Crippen LogP contribution in [0.1, 0.15) is 12.0 Å². The fourth-order valence-corrected chi connectivity index (χ4v) is 0.870. The molecule has 0 fully saturated rings. The molecule has 0 aliphatic heterocycles. The zero-order valence-corrected chi connectivity index (χ0v) is 6.90. The average molecular weight is 180 g/mol. The van der Waals surface area contributed by atoms with Crippen LogP contribution in [0, 0.1) is 5.82 Å². The first kappa shape index (κ1) is 9.45. The van der Waals surface area contributed by atoms with E-state index in [1.165, 1.54) is 18.2 Å². The summed E-state index contributed by atoms with van der Waals surface area (Å²) < 4.78 is 12.4. The maximum absolute atomic E-state index is 12.4. The van der Waals surface area contributed by atoms with Crippen molar-refractivity contribution >= 4 is 12.0 Å². The zero-order chi connectivity index (χ0) is 9.68. The van der Waals surface area contributed by atoms with Crippen LogP contribution in [0.3, 0.4) is 0 Å². The van der Waals surface area contributed by atoms with Crippen LogP contribution in [0.2, 0.25) is 0 Å². The van der Waals surface area contributed by atoms with Crippen LogP contribution in [0.4, 0.5) is 4.39 Å². The van der Waals surface area contributed by atoms with Gasteiger partial charge in [-0.2, -0.15) is 0 Å². The Morgan fingerprint density at radius 3 is 2.54 bits per heavy atom. The fraction of sp³-hybridized carbons (Fsp3) is 0.100. The minimum absolute atomic E-state index is 0.0165. The molecule has 0 radical (unpaired) electrons. The van der Waals surface area contributed by atoms with E-state index in [9.17, 15) is 9.18 Å². The quantitative estimate of drug-likeness (QED) is 0.774. The van der Waals surface area contributed by atoms with Crippen molar-refractivity contribution in [1.82, 2.24) is 0 Å². The molecule has 0 amide bonds. The third kappa shape index (κ3) is 3.51. The van der Waals surface area contributed by atoms with Gasteiger partial charge in [0.25, 0.3) is 0 Å². The Kier molecular flexibility index (Phi) is 3.20. The summed E-state index contributed by atoms with van der Waals surface area (Å²) in [5.74, 6) is -1.17.